The summed E-state index contributed by atoms with van der Waals surface area (Å²) in [6.45, 7) is 5.94. The fraction of sp³-hybridized carbons (Fsp3) is 0.950. The summed E-state index contributed by atoms with van der Waals surface area (Å²) in [5, 5.41) is 10.7. The quantitative estimate of drug-likeness (QED) is 0.433. The van der Waals surface area contributed by atoms with Crippen molar-refractivity contribution in [2.75, 3.05) is 52.5 Å². The minimum Gasteiger partial charge on any atom is -0.465 e. The van der Waals surface area contributed by atoms with Crippen LogP contribution in [0.2, 0.25) is 0 Å². The molecule has 9 heteroatoms. The van der Waals surface area contributed by atoms with E-state index in [9.17, 15) is 13.2 Å². The zero-order chi connectivity index (χ0) is 21.0. The summed E-state index contributed by atoms with van der Waals surface area (Å²) >= 11 is 0. The first kappa shape index (κ1) is 24.4. The van der Waals surface area contributed by atoms with Gasteiger partial charge in [0.25, 0.3) is 0 Å². The molecule has 1 amide bonds. The molecule has 0 bridgehead atoms. The van der Waals surface area contributed by atoms with Crippen LogP contribution in [0.4, 0.5) is 4.79 Å². The number of rotatable bonds is 13. The number of morpholine rings is 1. The largest absolute Gasteiger partial charge is 0.465 e. The van der Waals surface area contributed by atoms with E-state index >= 15 is 0 Å². The van der Waals surface area contributed by atoms with Crippen LogP contribution in [0.5, 0.6) is 0 Å². The third-order valence-electron chi connectivity index (χ3n) is 5.93. The molecule has 0 unspecified atom stereocenters. The summed E-state index contributed by atoms with van der Waals surface area (Å²) < 4.78 is 33.6. The highest BCUT2D eigenvalue weighted by atomic mass is 32.2. The highest BCUT2D eigenvalue weighted by molar-refractivity contribution is 7.89. The molecule has 8 nitrogen and oxygen atoms in total. The van der Waals surface area contributed by atoms with Gasteiger partial charge in [0.15, 0.2) is 0 Å². The molecule has 0 aromatic heterocycles. The molecule has 1 saturated heterocycles. The van der Waals surface area contributed by atoms with Crippen LogP contribution in [-0.2, 0) is 14.8 Å². The van der Waals surface area contributed by atoms with Crippen LogP contribution >= 0.6 is 0 Å². The van der Waals surface area contributed by atoms with Crippen LogP contribution in [0.15, 0.2) is 0 Å². The Kier molecular flexibility index (Phi) is 11.3. The van der Waals surface area contributed by atoms with Gasteiger partial charge in [-0.25, -0.2) is 17.5 Å². The average Bonchev–Trinajstić information content (AvgIpc) is 2.73. The summed E-state index contributed by atoms with van der Waals surface area (Å²) in [7, 11) is -3.24. The van der Waals surface area contributed by atoms with E-state index in [0.717, 1.165) is 97.1 Å². The number of unbranched alkanes of at least 4 members (excludes halogenated alkanes) is 3. The first-order chi connectivity index (χ1) is 14.0. The van der Waals surface area contributed by atoms with Crippen molar-refractivity contribution in [1.82, 2.24) is 14.5 Å². The van der Waals surface area contributed by atoms with Gasteiger partial charge in [-0.1, -0.05) is 32.1 Å². The van der Waals surface area contributed by atoms with E-state index < -0.39 is 16.1 Å². The van der Waals surface area contributed by atoms with Gasteiger partial charge >= 0.3 is 6.09 Å². The number of carbonyl (C=O) groups is 1. The summed E-state index contributed by atoms with van der Waals surface area (Å²) in [6.07, 6.45) is 8.08. The lowest BCUT2D eigenvalue weighted by Gasteiger charge is -2.31. The van der Waals surface area contributed by atoms with E-state index in [2.05, 4.69) is 10.2 Å². The van der Waals surface area contributed by atoms with Gasteiger partial charge in [0.05, 0.1) is 18.5 Å². The fourth-order valence-corrected chi connectivity index (χ4v) is 6.32. The van der Waals surface area contributed by atoms with E-state index in [1.54, 1.807) is 4.31 Å². The van der Waals surface area contributed by atoms with Gasteiger partial charge in [-0.15, -0.1) is 0 Å². The van der Waals surface area contributed by atoms with Crippen molar-refractivity contribution < 1.29 is 23.1 Å². The molecule has 0 aromatic rings. The molecule has 0 spiro atoms. The molecule has 2 N–H and O–H groups in total. The Morgan fingerprint density at radius 3 is 2.34 bits per heavy atom. The topological polar surface area (TPSA) is 99.2 Å². The van der Waals surface area contributed by atoms with Crippen LogP contribution in [-0.4, -0.2) is 86.6 Å². The molecule has 2 fully saturated rings. The Balaban J connectivity index is 1.78. The molecule has 0 aromatic carbocycles. The Hall–Kier alpha value is -0.900. The van der Waals surface area contributed by atoms with Gasteiger partial charge in [-0.05, 0) is 38.6 Å². The zero-order valence-electron chi connectivity index (χ0n) is 17.7. The average molecular weight is 434 g/mol. The SMILES string of the molecule is O=C(O)NCCCCCCN(CCCN1CCOCC1)S(=O)(=O)C1CCCCC1. The number of ether oxygens (including phenoxy) is 1. The summed E-state index contributed by atoms with van der Waals surface area (Å²) in [5.74, 6) is 0. The Morgan fingerprint density at radius 1 is 1.00 bits per heavy atom. The predicted octanol–water partition coefficient (Wildman–Crippen LogP) is 2.50. The minimum absolute atomic E-state index is 0.209. The van der Waals surface area contributed by atoms with Crippen molar-refractivity contribution in [2.24, 2.45) is 0 Å². The fourth-order valence-electron chi connectivity index (χ4n) is 4.20. The molecule has 170 valence electrons. The lowest BCUT2D eigenvalue weighted by atomic mass is 10.0. The normalized spacial score (nSPS) is 19.5. The summed E-state index contributed by atoms with van der Waals surface area (Å²) in [5.41, 5.74) is 0. The maximum absolute atomic E-state index is 13.2. The molecule has 1 saturated carbocycles. The van der Waals surface area contributed by atoms with E-state index in [1.165, 1.54) is 0 Å². The van der Waals surface area contributed by atoms with Crippen LogP contribution in [0.25, 0.3) is 0 Å². The van der Waals surface area contributed by atoms with E-state index in [0.29, 0.717) is 19.6 Å². The van der Waals surface area contributed by atoms with E-state index in [1.807, 2.05) is 0 Å². The van der Waals surface area contributed by atoms with Crippen molar-refractivity contribution in [1.29, 1.82) is 0 Å². The molecular weight excluding hydrogens is 394 g/mol. The summed E-state index contributed by atoms with van der Waals surface area (Å²) in [6, 6.07) is 0. The van der Waals surface area contributed by atoms with Crippen molar-refractivity contribution in [2.45, 2.75) is 69.5 Å². The van der Waals surface area contributed by atoms with Gasteiger partial charge in [-0.2, -0.15) is 0 Å². The Bertz CT molecular complexity index is 560. The van der Waals surface area contributed by atoms with Gasteiger partial charge in [0.1, 0.15) is 0 Å². The van der Waals surface area contributed by atoms with Crippen molar-refractivity contribution >= 4 is 16.1 Å². The number of sulfonamides is 1. The molecule has 1 heterocycles. The van der Waals surface area contributed by atoms with Crippen molar-refractivity contribution in [3.05, 3.63) is 0 Å². The molecule has 1 aliphatic heterocycles. The molecule has 0 atom stereocenters. The Morgan fingerprint density at radius 2 is 1.66 bits per heavy atom. The second-order valence-electron chi connectivity index (χ2n) is 8.16. The zero-order valence-corrected chi connectivity index (χ0v) is 18.5. The third kappa shape index (κ3) is 9.19. The van der Waals surface area contributed by atoms with Gasteiger partial charge in [-0.3, -0.25) is 4.90 Å². The first-order valence-electron chi connectivity index (χ1n) is 11.3. The van der Waals surface area contributed by atoms with Gasteiger partial charge < -0.3 is 15.2 Å². The van der Waals surface area contributed by atoms with Crippen molar-refractivity contribution in [3.63, 3.8) is 0 Å². The molecular formula is C20H39N3O5S. The molecule has 0 radical (unpaired) electrons. The van der Waals surface area contributed by atoms with Crippen LogP contribution < -0.4 is 5.32 Å². The molecule has 29 heavy (non-hydrogen) atoms. The lowest BCUT2D eigenvalue weighted by Crippen LogP contribution is -2.42. The number of nitrogens with one attached hydrogen (secondary N) is 1. The number of carboxylic acid groups (broad SMARTS) is 1. The monoisotopic (exact) mass is 433 g/mol. The molecule has 2 rings (SSSR count). The van der Waals surface area contributed by atoms with Crippen LogP contribution in [0, 0.1) is 0 Å². The maximum Gasteiger partial charge on any atom is 0.404 e. The van der Waals surface area contributed by atoms with Crippen LogP contribution in [0.1, 0.15) is 64.2 Å². The highest BCUT2D eigenvalue weighted by Crippen LogP contribution is 2.26. The summed E-state index contributed by atoms with van der Waals surface area (Å²) in [4.78, 5) is 12.8. The smallest absolute Gasteiger partial charge is 0.404 e. The van der Waals surface area contributed by atoms with E-state index in [4.69, 9.17) is 9.84 Å². The minimum atomic E-state index is -3.24. The lowest BCUT2D eigenvalue weighted by molar-refractivity contribution is 0.0369. The Labute approximate surface area is 176 Å². The van der Waals surface area contributed by atoms with E-state index in [-0.39, 0.29) is 5.25 Å². The number of nitrogens with zero attached hydrogens (tertiary/aromatic N) is 2. The van der Waals surface area contributed by atoms with Crippen LogP contribution in [0.3, 0.4) is 0 Å². The second-order valence-corrected chi connectivity index (χ2v) is 10.4. The van der Waals surface area contributed by atoms with Crippen molar-refractivity contribution in [3.8, 4) is 0 Å². The molecule has 2 aliphatic rings. The highest BCUT2D eigenvalue weighted by Gasteiger charge is 2.32. The standard InChI is InChI=1S/C20H39N3O5S/c24-20(25)21-11-6-1-2-7-13-23(14-8-12-22-15-17-28-18-16-22)29(26,27)19-9-4-3-5-10-19/h19,21H,1-18H2,(H,24,25). The number of hydrogen-bond donors (Lipinski definition) is 2. The molecule has 1 aliphatic carbocycles. The predicted molar refractivity (Wildman–Crippen MR) is 114 cm³/mol. The van der Waals surface area contributed by atoms with Gasteiger partial charge in [0, 0.05) is 32.7 Å². The third-order valence-corrected chi connectivity index (χ3v) is 8.33. The van der Waals surface area contributed by atoms with Gasteiger partial charge in [0.2, 0.25) is 10.0 Å². The maximum atomic E-state index is 13.2. The number of hydrogen-bond acceptors (Lipinski definition) is 5. The second kappa shape index (κ2) is 13.4. The first-order valence-corrected chi connectivity index (χ1v) is 12.8. The number of amides is 1.